The molecule has 2 rings (SSSR count). The number of carbonyl (C=O) groups excluding carboxylic acids is 2. The van der Waals surface area contributed by atoms with Gasteiger partial charge in [0.25, 0.3) is 0 Å². The number of halogens is 2. The van der Waals surface area contributed by atoms with E-state index in [1.54, 1.807) is 62.4 Å². The van der Waals surface area contributed by atoms with Gasteiger partial charge in [0.15, 0.2) is 28.8 Å². The molecule has 0 N–H and O–H groups in total. The Bertz CT molecular complexity index is 708. The van der Waals surface area contributed by atoms with Crippen LogP contribution in [0.5, 0.6) is 5.75 Å². The Balaban J connectivity index is 2.15. The van der Waals surface area contributed by atoms with Crippen molar-refractivity contribution in [3.8, 4) is 5.75 Å². The minimum atomic E-state index is -1.11. The first-order chi connectivity index (χ1) is 10.8. The highest BCUT2D eigenvalue weighted by molar-refractivity contribution is 14.1. The van der Waals surface area contributed by atoms with Crippen molar-refractivity contribution in [1.82, 2.24) is 0 Å². The van der Waals surface area contributed by atoms with Gasteiger partial charge in [-0.25, -0.2) is 4.79 Å². The zero-order valence-corrected chi connectivity index (χ0v) is 15.4. The van der Waals surface area contributed by atoms with Gasteiger partial charge in [0.1, 0.15) is 5.75 Å². The van der Waals surface area contributed by atoms with E-state index in [0.29, 0.717) is 21.9 Å². The molecule has 0 aliphatic carbocycles. The molecule has 23 heavy (non-hydrogen) atoms. The Labute approximate surface area is 153 Å². The van der Waals surface area contributed by atoms with Crippen LogP contribution in [0, 0.1) is 0 Å². The number of rotatable bonds is 5. The first-order valence-electron chi connectivity index (χ1n) is 6.76. The van der Waals surface area contributed by atoms with Gasteiger partial charge in [0.2, 0.25) is 5.60 Å². The summed E-state index contributed by atoms with van der Waals surface area (Å²) >= 11 is 7.34. The summed E-state index contributed by atoms with van der Waals surface area (Å²) in [6.45, 7) is 3.22. The van der Waals surface area contributed by atoms with Crippen molar-refractivity contribution in [2.45, 2.75) is 19.4 Å². The van der Waals surface area contributed by atoms with Gasteiger partial charge in [-0.3, -0.25) is 4.79 Å². The van der Waals surface area contributed by atoms with E-state index in [9.17, 15) is 9.59 Å². The van der Waals surface area contributed by atoms with Crippen molar-refractivity contribution in [2.24, 2.45) is 0 Å². The van der Waals surface area contributed by atoms with Crippen LogP contribution in [0.3, 0.4) is 0 Å². The van der Waals surface area contributed by atoms with E-state index in [1.165, 1.54) is 23.0 Å². The largest absolute Gasteiger partial charge is 0.476 e. The molecule has 0 saturated carbocycles. The van der Waals surface area contributed by atoms with Crippen LogP contribution in [0.25, 0.3) is 0 Å². The maximum atomic E-state index is 12.3. The molecule has 0 aliphatic heterocycles. The lowest BCUT2D eigenvalue weighted by molar-refractivity contribution is -0.145. The molecule has 0 spiro atoms. The predicted octanol–water partition coefficient (Wildman–Crippen LogP) is 4.62. The standard InChI is InChI=1S/C17H14ClIO4/c1-17(2,16(21)23-19)22-14-9-5-12(6-10-14)15(20)11-3-7-13(18)8-4-11/h3-10H,1-2H3. The lowest BCUT2D eigenvalue weighted by Gasteiger charge is -2.22. The molecular formula is C17H14ClIO4. The van der Waals surface area contributed by atoms with Gasteiger partial charge < -0.3 is 7.80 Å². The molecule has 0 radical (unpaired) electrons. The highest BCUT2D eigenvalue weighted by Crippen LogP contribution is 2.22. The van der Waals surface area contributed by atoms with Crippen molar-refractivity contribution in [3.63, 3.8) is 0 Å². The topological polar surface area (TPSA) is 52.6 Å². The number of carbonyl (C=O) groups is 2. The molecule has 0 unspecified atom stereocenters. The number of ether oxygens (including phenoxy) is 1. The molecule has 6 heteroatoms. The SMILES string of the molecule is CC(C)(Oc1ccc(C(=O)c2ccc(Cl)cc2)cc1)C(=O)OI. The molecule has 0 atom stereocenters. The normalized spacial score (nSPS) is 11.0. The highest BCUT2D eigenvalue weighted by Gasteiger charge is 2.31. The molecular weight excluding hydrogens is 431 g/mol. The summed E-state index contributed by atoms with van der Waals surface area (Å²) in [5, 5.41) is 0.578. The lowest BCUT2D eigenvalue weighted by Crippen LogP contribution is -2.38. The van der Waals surface area contributed by atoms with Gasteiger partial charge in [-0.1, -0.05) is 11.6 Å². The van der Waals surface area contributed by atoms with Gasteiger partial charge in [-0.05, 0) is 62.4 Å². The van der Waals surface area contributed by atoms with E-state index in [2.05, 4.69) is 3.07 Å². The summed E-state index contributed by atoms with van der Waals surface area (Å²) in [5.74, 6) is -0.122. The number of hydrogen-bond acceptors (Lipinski definition) is 4. The van der Waals surface area contributed by atoms with E-state index in [0.717, 1.165) is 0 Å². The fraction of sp³-hybridized carbons (Fsp3) is 0.176. The summed E-state index contributed by atoms with van der Waals surface area (Å²) in [6.07, 6.45) is 0. The molecule has 0 aromatic heterocycles. The number of ketones is 1. The van der Waals surface area contributed by atoms with Crippen LogP contribution < -0.4 is 4.74 Å². The fourth-order valence-corrected chi connectivity index (χ4v) is 2.53. The second-order valence-electron chi connectivity index (χ2n) is 5.34. The van der Waals surface area contributed by atoms with Crippen molar-refractivity contribution >= 4 is 46.4 Å². The molecule has 0 aliphatic rings. The molecule has 2 aromatic rings. The Morgan fingerprint density at radius 2 is 1.43 bits per heavy atom. The van der Waals surface area contributed by atoms with Gasteiger partial charge in [-0.15, -0.1) is 0 Å². The van der Waals surface area contributed by atoms with Crippen molar-refractivity contribution in [3.05, 3.63) is 64.7 Å². The molecule has 0 bridgehead atoms. The summed E-state index contributed by atoms with van der Waals surface area (Å²) in [5.41, 5.74) is -0.0334. The summed E-state index contributed by atoms with van der Waals surface area (Å²) in [7, 11) is 0. The van der Waals surface area contributed by atoms with Crippen LogP contribution >= 0.6 is 34.6 Å². The minimum absolute atomic E-state index is 0.112. The van der Waals surface area contributed by atoms with Gasteiger partial charge >= 0.3 is 5.97 Å². The van der Waals surface area contributed by atoms with Crippen molar-refractivity contribution < 1.29 is 17.4 Å². The number of benzene rings is 2. The zero-order chi connectivity index (χ0) is 17.0. The molecule has 0 heterocycles. The van der Waals surface area contributed by atoms with Crippen LogP contribution in [0.15, 0.2) is 48.5 Å². The molecule has 4 nitrogen and oxygen atoms in total. The fourth-order valence-electron chi connectivity index (χ4n) is 1.87. The molecule has 0 saturated heterocycles. The minimum Gasteiger partial charge on any atom is -0.476 e. The van der Waals surface area contributed by atoms with Crippen LogP contribution in [0.1, 0.15) is 29.8 Å². The average Bonchev–Trinajstić information content (AvgIpc) is 2.54. The van der Waals surface area contributed by atoms with Gasteiger partial charge in [-0.2, -0.15) is 0 Å². The average molecular weight is 445 g/mol. The molecule has 0 amide bonds. The second-order valence-corrected chi connectivity index (χ2v) is 6.21. The van der Waals surface area contributed by atoms with Crippen LogP contribution in [-0.4, -0.2) is 17.4 Å². The van der Waals surface area contributed by atoms with Crippen LogP contribution in [0.4, 0.5) is 0 Å². The Kier molecular flexibility index (Phi) is 5.64. The summed E-state index contributed by atoms with van der Waals surface area (Å²) in [6, 6.07) is 13.3. The lowest BCUT2D eigenvalue weighted by atomic mass is 10.0. The smallest absolute Gasteiger partial charge is 0.359 e. The van der Waals surface area contributed by atoms with E-state index < -0.39 is 11.6 Å². The quantitative estimate of drug-likeness (QED) is 0.499. The van der Waals surface area contributed by atoms with Crippen LogP contribution in [0.2, 0.25) is 5.02 Å². The van der Waals surface area contributed by atoms with Gasteiger partial charge in [0, 0.05) is 16.1 Å². The van der Waals surface area contributed by atoms with E-state index in [1.807, 2.05) is 0 Å². The molecule has 0 fully saturated rings. The Morgan fingerprint density at radius 1 is 0.957 bits per heavy atom. The first kappa shape index (κ1) is 17.7. The van der Waals surface area contributed by atoms with E-state index in [4.69, 9.17) is 16.3 Å². The highest BCUT2D eigenvalue weighted by atomic mass is 127. The van der Waals surface area contributed by atoms with Crippen molar-refractivity contribution in [1.29, 1.82) is 0 Å². The molecule has 120 valence electrons. The zero-order valence-electron chi connectivity index (χ0n) is 12.5. The monoisotopic (exact) mass is 444 g/mol. The Morgan fingerprint density at radius 3 is 1.91 bits per heavy atom. The Hall–Kier alpha value is -1.60. The van der Waals surface area contributed by atoms with Crippen LogP contribution in [-0.2, 0) is 7.86 Å². The molecule has 2 aromatic carbocycles. The summed E-state index contributed by atoms with van der Waals surface area (Å²) in [4.78, 5) is 24.0. The van der Waals surface area contributed by atoms with E-state index >= 15 is 0 Å². The maximum absolute atomic E-state index is 12.3. The third-order valence-electron chi connectivity index (χ3n) is 3.16. The third kappa shape index (κ3) is 4.45. The first-order valence-corrected chi connectivity index (χ1v) is 8.02. The summed E-state index contributed by atoms with van der Waals surface area (Å²) < 4.78 is 10.3. The van der Waals surface area contributed by atoms with Crippen molar-refractivity contribution in [2.75, 3.05) is 0 Å². The van der Waals surface area contributed by atoms with Gasteiger partial charge in [0.05, 0.1) is 0 Å². The number of hydrogen-bond donors (Lipinski definition) is 0. The van der Waals surface area contributed by atoms with E-state index in [-0.39, 0.29) is 5.78 Å². The third-order valence-corrected chi connectivity index (χ3v) is 3.81. The maximum Gasteiger partial charge on any atom is 0.359 e. The second kappa shape index (κ2) is 7.31. The predicted molar refractivity (Wildman–Crippen MR) is 96.1 cm³/mol.